The number of pyridine rings is 1. The van der Waals surface area contributed by atoms with Crippen LogP contribution >= 0.6 is 0 Å². The molecule has 0 spiro atoms. The Labute approximate surface area is 172 Å². The number of imide groups is 1. The number of aromatic nitrogens is 1. The molecular weight excluding hydrogens is 380 g/mol. The quantitative estimate of drug-likeness (QED) is 0.501. The average molecular weight is 397 g/mol. The van der Waals surface area contributed by atoms with Crippen LogP contribution in [0, 0.1) is 11.8 Å². The lowest BCUT2D eigenvalue weighted by Gasteiger charge is -2.16. The van der Waals surface area contributed by atoms with E-state index in [1.54, 1.807) is 48.5 Å². The molecule has 1 fully saturated rings. The highest BCUT2D eigenvalue weighted by molar-refractivity contribution is 6.22. The maximum atomic E-state index is 12.9. The zero-order valence-corrected chi connectivity index (χ0v) is 15.9. The van der Waals surface area contributed by atoms with E-state index in [1.165, 1.54) is 11.0 Å². The Morgan fingerprint density at radius 1 is 0.933 bits per heavy atom. The molecule has 1 saturated heterocycles. The second kappa shape index (κ2) is 6.91. The Hall–Kier alpha value is -3.80. The van der Waals surface area contributed by atoms with Gasteiger partial charge >= 0.3 is 0 Å². The number of fused-ring (bicyclic) bond motifs is 2. The second-order valence-electron chi connectivity index (χ2n) is 7.58. The molecule has 2 heterocycles. The molecule has 0 radical (unpaired) electrons. The number of carbonyl (C=O) groups excluding carboxylic acids is 3. The number of carboxylic acids is 1. The second-order valence-corrected chi connectivity index (χ2v) is 7.58. The summed E-state index contributed by atoms with van der Waals surface area (Å²) in [6.45, 7) is 0. The molecule has 2 amide bonds. The molecule has 30 heavy (non-hydrogen) atoms. The first-order valence-electron chi connectivity index (χ1n) is 9.79. The highest BCUT2D eigenvalue weighted by atomic mass is 16.4. The first-order valence-corrected chi connectivity index (χ1v) is 9.79. The van der Waals surface area contributed by atoms with Crippen molar-refractivity contribution in [2.45, 2.75) is 12.8 Å². The van der Waals surface area contributed by atoms with E-state index >= 15 is 0 Å². The number of aromatic carboxylic acids is 1. The molecule has 0 N–H and O–H groups in total. The molecule has 0 saturated carbocycles. The smallest absolute Gasteiger partial charge is 0.238 e. The number of benzene rings is 2. The normalized spacial score (nSPS) is 20.6. The molecule has 2 aromatic carbocycles. The summed E-state index contributed by atoms with van der Waals surface area (Å²) in [6, 6.07) is 15.4. The first kappa shape index (κ1) is 18.2. The number of hydrogen-bond acceptors (Lipinski definition) is 5. The number of allylic oxidation sites excluding steroid dienone is 2. The van der Waals surface area contributed by atoms with E-state index in [0.717, 1.165) is 0 Å². The highest BCUT2D eigenvalue weighted by Gasteiger charge is 2.47. The van der Waals surface area contributed by atoms with E-state index in [4.69, 9.17) is 0 Å². The van der Waals surface area contributed by atoms with Crippen LogP contribution in [0.25, 0.3) is 22.2 Å². The minimum absolute atomic E-state index is 0.0476. The van der Waals surface area contributed by atoms with Crippen LogP contribution < -0.4 is 10.0 Å². The number of hydrogen-bond donors (Lipinski definition) is 0. The molecule has 6 heteroatoms. The van der Waals surface area contributed by atoms with Crippen LogP contribution in [-0.4, -0.2) is 22.8 Å². The van der Waals surface area contributed by atoms with Gasteiger partial charge in [0.2, 0.25) is 11.8 Å². The number of carboxylic acid groups (broad SMARTS) is 1. The molecule has 6 nitrogen and oxygen atoms in total. The lowest BCUT2D eigenvalue weighted by Crippen LogP contribution is -2.30. The fraction of sp³-hybridized carbons (Fsp3) is 0.167. The van der Waals surface area contributed by atoms with Gasteiger partial charge in [0.05, 0.1) is 34.7 Å². The third kappa shape index (κ3) is 2.80. The molecule has 1 aliphatic heterocycles. The third-order valence-corrected chi connectivity index (χ3v) is 5.84. The molecule has 3 aromatic rings. The van der Waals surface area contributed by atoms with Crippen LogP contribution in [0.2, 0.25) is 0 Å². The molecule has 148 valence electrons. The van der Waals surface area contributed by atoms with Crippen molar-refractivity contribution >= 4 is 34.4 Å². The van der Waals surface area contributed by atoms with Crippen molar-refractivity contribution in [3.8, 4) is 11.3 Å². The van der Waals surface area contributed by atoms with Gasteiger partial charge in [-0.1, -0.05) is 42.5 Å². The Morgan fingerprint density at radius 2 is 1.63 bits per heavy atom. The standard InChI is InChI=1S/C24H18N2O4/c27-22-17-9-1-2-10-18(17)23(28)26(22)15-7-5-6-14(12-15)21-13-19(24(29)30)16-8-3-4-11-20(16)25-21/h1-8,11-13,17-18H,9-10H2,(H,29,30)/p-1/t17-,18+. The van der Waals surface area contributed by atoms with Crippen molar-refractivity contribution in [1.82, 2.24) is 4.98 Å². The number of carbonyl (C=O) groups is 3. The molecule has 2 aliphatic rings. The number of amides is 2. The SMILES string of the molecule is O=C([O-])c1cc(-c2cccc(N3C(=O)[C@H]4CC=CC[C@H]4C3=O)c2)nc2ccccc12. The number of para-hydroxylation sites is 1. The minimum Gasteiger partial charge on any atom is -0.545 e. The third-order valence-electron chi connectivity index (χ3n) is 5.84. The Morgan fingerprint density at radius 3 is 2.33 bits per heavy atom. The highest BCUT2D eigenvalue weighted by Crippen LogP contribution is 2.38. The van der Waals surface area contributed by atoms with Gasteiger partial charge in [0.1, 0.15) is 0 Å². The number of nitrogens with zero attached hydrogens (tertiary/aromatic N) is 2. The summed E-state index contributed by atoms with van der Waals surface area (Å²) in [5, 5.41) is 12.2. The zero-order valence-electron chi connectivity index (χ0n) is 15.9. The first-order chi connectivity index (χ1) is 14.5. The zero-order chi connectivity index (χ0) is 20.8. The maximum absolute atomic E-state index is 12.9. The van der Waals surface area contributed by atoms with Gasteiger partial charge in [-0.25, -0.2) is 4.98 Å². The topological polar surface area (TPSA) is 90.4 Å². The summed E-state index contributed by atoms with van der Waals surface area (Å²) >= 11 is 0. The molecule has 0 unspecified atom stereocenters. The van der Waals surface area contributed by atoms with Crippen molar-refractivity contribution in [3.63, 3.8) is 0 Å². The van der Waals surface area contributed by atoms with Gasteiger partial charge in [-0.15, -0.1) is 0 Å². The fourth-order valence-corrected chi connectivity index (χ4v) is 4.35. The molecule has 0 bridgehead atoms. The van der Waals surface area contributed by atoms with Gasteiger partial charge in [0, 0.05) is 16.5 Å². The Kier molecular flexibility index (Phi) is 4.20. The number of rotatable bonds is 3. The minimum atomic E-state index is -1.28. The van der Waals surface area contributed by atoms with E-state index in [-0.39, 0.29) is 29.2 Å². The van der Waals surface area contributed by atoms with Gasteiger partial charge in [-0.2, -0.15) is 0 Å². The van der Waals surface area contributed by atoms with E-state index in [9.17, 15) is 19.5 Å². The van der Waals surface area contributed by atoms with Crippen molar-refractivity contribution in [2.75, 3.05) is 4.90 Å². The summed E-state index contributed by atoms with van der Waals surface area (Å²) in [4.78, 5) is 43.3. The monoisotopic (exact) mass is 397 g/mol. The molecule has 1 aromatic heterocycles. The molecular formula is C24H17N2O4-. The van der Waals surface area contributed by atoms with Gasteiger partial charge in [0.25, 0.3) is 0 Å². The van der Waals surface area contributed by atoms with Gasteiger partial charge in [-0.3, -0.25) is 14.5 Å². The van der Waals surface area contributed by atoms with Crippen LogP contribution in [0.5, 0.6) is 0 Å². The van der Waals surface area contributed by atoms with E-state index in [0.29, 0.717) is 40.7 Å². The Balaban J connectivity index is 1.59. The predicted molar refractivity (Wildman–Crippen MR) is 109 cm³/mol. The summed E-state index contributed by atoms with van der Waals surface area (Å²) in [7, 11) is 0. The average Bonchev–Trinajstić information content (AvgIpc) is 3.03. The van der Waals surface area contributed by atoms with Crippen LogP contribution in [0.15, 0.2) is 66.7 Å². The molecule has 5 rings (SSSR count). The van der Waals surface area contributed by atoms with Crippen molar-refractivity contribution in [2.24, 2.45) is 11.8 Å². The number of anilines is 1. The summed E-state index contributed by atoms with van der Waals surface area (Å²) < 4.78 is 0. The van der Waals surface area contributed by atoms with E-state index in [1.807, 2.05) is 12.2 Å². The predicted octanol–water partition coefficient (Wildman–Crippen LogP) is 2.72. The summed E-state index contributed by atoms with van der Waals surface area (Å²) in [5.41, 5.74) is 2.11. The van der Waals surface area contributed by atoms with Gasteiger partial charge in [-0.05, 0) is 37.1 Å². The Bertz CT molecular complexity index is 1220. The van der Waals surface area contributed by atoms with Crippen molar-refractivity contribution < 1.29 is 19.5 Å². The van der Waals surface area contributed by atoms with Crippen LogP contribution in [-0.2, 0) is 9.59 Å². The largest absolute Gasteiger partial charge is 0.545 e. The van der Waals surface area contributed by atoms with Gasteiger partial charge < -0.3 is 9.90 Å². The maximum Gasteiger partial charge on any atom is 0.238 e. The van der Waals surface area contributed by atoms with Gasteiger partial charge in [0.15, 0.2) is 0 Å². The van der Waals surface area contributed by atoms with Crippen LogP contribution in [0.4, 0.5) is 5.69 Å². The van der Waals surface area contributed by atoms with Crippen molar-refractivity contribution in [3.05, 3.63) is 72.3 Å². The van der Waals surface area contributed by atoms with E-state index < -0.39 is 5.97 Å². The van der Waals surface area contributed by atoms with Crippen molar-refractivity contribution in [1.29, 1.82) is 0 Å². The summed E-state index contributed by atoms with van der Waals surface area (Å²) in [5.74, 6) is -2.28. The van der Waals surface area contributed by atoms with Crippen LogP contribution in [0.1, 0.15) is 23.2 Å². The molecule has 1 aliphatic carbocycles. The molecule has 2 atom stereocenters. The lowest BCUT2D eigenvalue weighted by molar-refractivity contribution is -0.254. The van der Waals surface area contributed by atoms with E-state index in [2.05, 4.69) is 4.98 Å². The fourth-order valence-electron chi connectivity index (χ4n) is 4.35. The summed E-state index contributed by atoms with van der Waals surface area (Å²) in [6.07, 6.45) is 5.05. The lowest BCUT2D eigenvalue weighted by atomic mass is 9.85. The van der Waals surface area contributed by atoms with Crippen LogP contribution in [0.3, 0.4) is 0 Å².